The van der Waals surface area contributed by atoms with Crippen LogP contribution in [-0.2, 0) is 6.42 Å². The van der Waals surface area contributed by atoms with Gasteiger partial charge in [0.05, 0.1) is 5.69 Å². The molecule has 4 aliphatic rings. The quantitative estimate of drug-likeness (QED) is 0.265. The summed E-state index contributed by atoms with van der Waals surface area (Å²) in [5, 5.41) is 6.38. The number of rotatable bonds is 8. The molecule has 2 saturated heterocycles. The van der Waals surface area contributed by atoms with E-state index in [0.717, 1.165) is 35.7 Å². The van der Waals surface area contributed by atoms with Gasteiger partial charge in [0.1, 0.15) is 0 Å². The molecule has 0 aliphatic carbocycles. The van der Waals surface area contributed by atoms with E-state index in [1.807, 2.05) is 0 Å². The number of nitrogens with zero attached hydrogens (tertiary/aromatic N) is 3. The lowest BCUT2D eigenvalue weighted by Crippen LogP contribution is -2.31. The summed E-state index contributed by atoms with van der Waals surface area (Å²) in [6, 6.07) is 18.8. The van der Waals surface area contributed by atoms with Gasteiger partial charge in [0.25, 0.3) is 0 Å². The van der Waals surface area contributed by atoms with Crippen molar-refractivity contribution in [2.75, 3.05) is 50.0 Å². The van der Waals surface area contributed by atoms with E-state index < -0.39 is 0 Å². The molecule has 232 valence electrons. The molecule has 0 saturated carbocycles. The fourth-order valence-electron chi connectivity index (χ4n) is 7.69. The van der Waals surface area contributed by atoms with Crippen molar-refractivity contribution in [2.24, 2.45) is 0 Å². The molecular formula is C40H52N4. The first-order valence-corrected chi connectivity index (χ1v) is 17.1. The summed E-state index contributed by atoms with van der Waals surface area (Å²) in [6.45, 7) is 19.1. The number of nitrogens with one attached hydrogen (secondary N) is 1. The number of fused-ring (bicyclic) bond motifs is 3. The van der Waals surface area contributed by atoms with E-state index in [-0.39, 0.29) is 0 Å². The highest BCUT2D eigenvalue weighted by Gasteiger charge is 2.31. The molecule has 1 unspecified atom stereocenters. The zero-order chi connectivity index (χ0) is 30.6. The maximum atomic E-state index is 4.47. The second-order valence-electron chi connectivity index (χ2n) is 13.4. The van der Waals surface area contributed by atoms with Crippen molar-refractivity contribution in [1.29, 1.82) is 0 Å². The molecule has 1 atom stereocenters. The maximum absolute atomic E-state index is 4.47. The Kier molecular flexibility index (Phi) is 9.59. The topological polar surface area (TPSA) is 21.8 Å². The number of hydrogen-bond donors (Lipinski definition) is 1. The van der Waals surface area contributed by atoms with Crippen molar-refractivity contribution in [2.45, 2.75) is 77.7 Å². The zero-order valence-corrected chi connectivity index (χ0v) is 27.4. The van der Waals surface area contributed by atoms with Crippen LogP contribution < -0.4 is 10.2 Å². The number of likely N-dealkylation sites (tertiary alicyclic amines) is 2. The van der Waals surface area contributed by atoms with E-state index in [2.05, 4.69) is 109 Å². The Morgan fingerprint density at radius 2 is 1.75 bits per heavy atom. The SMILES string of the molecule is C=C(C)C1=CN2c3cc4ccccc4cc3Cc3c(NCCCN4CCCCC4)ccc(c32)C1=C.CCCC1CCCN1C. The van der Waals surface area contributed by atoms with Gasteiger partial charge >= 0.3 is 0 Å². The Labute approximate surface area is 266 Å². The third-order valence-corrected chi connectivity index (χ3v) is 10.2. The number of anilines is 3. The van der Waals surface area contributed by atoms with Gasteiger partial charge in [0.15, 0.2) is 0 Å². The van der Waals surface area contributed by atoms with Crippen molar-refractivity contribution in [3.63, 3.8) is 0 Å². The number of piperidine rings is 1. The first kappa shape index (κ1) is 30.7. The minimum absolute atomic E-state index is 0.912. The molecule has 4 aliphatic heterocycles. The first-order valence-electron chi connectivity index (χ1n) is 17.1. The molecule has 1 N–H and O–H groups in total. The monoisotopic (exact) mass is 588 g/mol. The average Bonchev–Trinajstić information content (AvgIpc) is 3.45. The molecule has 3 aromatic rings. The van der Waals surface area contributed by atoms with E-state index in [1.165, 1.54) is 122 Å². The smallest absolute Gasteiger partial charge is 0.0590 e. The van der Waals surface area contributed by atoms with E-state index in [9.17, 15) is 0 Å². The van der Waals surface area contributed by atoms with Crippen molar-refractivity contribution in [1.82, 2.24) is 9.80 Å². The Morgan fingerprint density at radius 1 is 0.977 bits per heavy atom. The predicted molar refractivity (Wildman–Crippen MR) is 191 cm³/mol. The summed E-state index contributed by atoms with van der Waals surface area (Å²) in [4.78, 5) is 7.51. The zero-order valence-electron chi connectivity index (χ0n) is 27.4. The lowest BCUT2D eigenvalue weighted by atomic mass is 9.83. The Morgan fingerprint density at radius 3 is 2.45 bits per heavy atom. The van der Waals surface area contributed by atoms with E-state index in [0.29, 0.717) is 0 Å². The normalized spacial score (nSPS) is 19.6. The minimum atomic E-state index is 0.912. The lowest BCUT2D eigenvalue weighted by molar-refractivity contribution is 0.228. The molecule has 3 aromatic carbocycles. The fraction of sp³-hybridized carbons (Fsp3) is 0.450. The second-order valence-corrected chi connectivity index (χ2v) is 13.4. The van der Waals surface area contributed by atoms with Crippen LogP contribution in [0.3, 0.4) is 0 Å². The Bertz CT molecular complexity index is 1540. The van der Waals surface area contributed by atoms with Crippen molar-refractivity contribution in [3.8, 4) is 0 Å². The third-order valence-electron chi connectivity index (χ3n) is 10.2. The standard InChI is InChI=1S/C32H35N3.C8H17N/c1-22(2)29-21-35-31-20-25-11-6-5-10-24(25)18-26(31)19-28-30(13-12-27(23(29)3)32(28)35)33-14-9-17-34-15-7-4-8-16-34;1-3-5-8-6-4-7-9(8)2/h5-6,10-13,18,20-21,33H,1,3-4,7-9,14-17,19H2,2H3;8H,3-7H2,1-2H3. The third kappa shape index (κ3) is 6.39. The highest BCUT2D eigenvalue weighted by atomic mass is 15.2. The molecule has 2 fully saturated rings. The molecule has 44 heavy (non-hydrogen) atoms. The largest absolute Gasteiger partial charge is 0.385 e. The van der Waals surface area contributed by atoms with Gasteiger partial charge < -0.3 is 20.0 Å². The van der Waals surface area contributed by atoms with Crippen molar-refractivity contribution in [3.05, 3.63) is 95.7 Å². The van der Waals surface area contributed by atoms with Crippen LogP contribution in [0.15, 0.2) is 79.0 Å². The van der Waals surface area contributed by atoms with Crippen LogP contribution in [0.4, 0.5) is 17.1 Å². The van der Waals surface area contributed by atoms with Gasteiger partial charge in [-0.2, -0.15) is 0 Å². The predicted octanol–water partition coefficient (Wildman–Crippen LogP) is 9.54. The van der Waals surface area contributed by atoms with Crippen LogP contribution in [0, 0.1) is 0 Å². The summed E-state index contributed by atoms with van der Waals surface area (Å²) < 4.78 is 0. The molecular weight excluding hydrogens is 536 g/mol. The van der Waals surface area contributed by atoms with Crippen LogP contribution in [-0.4, -0.2) is 55.6 Å². The Hall–Kier alpha value is -3.34. The Balaban J connectivity index is 0.000000329. The van der Waals surface area contributed by atoms with Gasteiger partial charge in [-0.05, 0) is 124 Å². The van der Waals surface area contributed by atoms with Gasteiger partial charge in [0.2, 0.25) is 0 Å². The average molecular weight is 589 g/mol. The van der Waals surface area contributed by atoms with Crippen LogP contribution in [0.5, 0.6) is 0 Å². The van der Waals surface area contributed by atoms with Crippen molar-refractivity contribution < 1.29 is 0 Å². The highest BCUT2D eigenvalue weighted by molar-refractivity contribution is 6.00. The second kappa shape index (κ2) is 13.7. The molecule has 0 bridgehead atoms. The molecule has 0 radical (unpaired) electrons. The molecule has 0 spiro atoms. The molecule has 0 amide bonds. The summed E-state index contributed by atoms with van der Waals surface area (Å²) in [5.74, 6) is 0. The van der Waals surface area contributed by atoms with Crippen molar-refractivity contribution >= 4 is 33.4 Å². The van der Waals surface area contributed by atoms with Crippen LogP contribution in [0.1, 0.15) is 81.9 Å². The van der Waals surface area contributed by atoms with Crippen LogP contribution in [0.25, 0.3) is 16.3 Å². The van der Waals surface area contributed by atoms with E-state index in [4.69, 9.17) is 0 Å². The molecule has 4 heterocycles. The number of benzene rings is 3. The van der Waals surface area contributed by atoms with Gasteiger partial charge in [-0.1, -0.05) is 63.3 Å². The molecule has 4 nitrogen and oxygen atoms in total. The van der Waals surface area contributed by atoms with Gasteiger partial charge in [-0.3, -0.25) is 0 Å². The summed E-state index contributed by atoms with van der Waals surface area (Å²) in [5.41, 5.74) is 11.0. The van der Waals surface area contributed by atoms with Crippen LogP contribution in [0.2, 0.25) is 0 Å². The lowest BCUT2D eigenvalue weighted by Gasteiger charge is -2.38. The summed E-state index contributed by atoms with van der Waals surface area (Å²) >= 11 is 0. The minimum Gasteiger partial charge on any atom is -0.385 e. The highest BCUT2D eigenvalue weighted by Crippen LogP contribution is 2.51. The molecule has 7 rings (SSSR count). The molecule has 0 aromatic heterocycles. The number of hydrogen-bond acceptors (Lipinski definition) is 4. The number of allylic oxidation sites excluding steroid dienone is 3. The van der Waals surface area contributed by atoms with Crippen LogP contribution >= 0.6 is 0 Å². The summed E-state index contributed by atoms with van der Waals surface area (Å²) in [6.07, 6.45) is 14.1. The summed E-state index contributed by atoms with van der Waals surface area (Å²) in [7, 11) is 2.24. The van der Waals surface area contributed by atoms with Gasteiger partial charge in [-0.15, -0.1) is 0 Å². The van der Waals surface area contributed by atoms with Gasteiger partial charge in [-0.25, -0.2) is 0 Å². The fourth-order valence-corrected chi connectivity index (χ4v) is 7.69. The molecule has 4 heteroatoms. The van der Waals surface area contributed by atoms with E-state index >= 15 is 0 Å². The van der Waals surface area contributed by atoms with E-state index in [1.54, 1.807) is 0 Å². The maximum Gasteiger partial charge on any atom is 0.0590 e. The first-order chi connectivity index (χ1) is 21.4. The van der Waals surface area contributed by atoms with Gasteiger partial charge in [0, 0.05) is 53.3 Å².